The molecule has 1 aromatic carbocycles. The molecule has 5 nitrogen and oxygen atoms in total. The lowest BCUT2D eigenvalue weighted by Gasteiger charge is -2.23. The van der Waals surface area contributed by atoms with Crippen LogP contribution >= 0.6 is 0 Å². The third kappa shape index (κ3) is 3.31. The second kappa shape index (κ2) is 7.09. The molecule has 128 valence electrons. The van der Waals surface area contributed by atoms with Crippen molar-refractivity contribution in [2.24, 2.45) is 0 Å². The van der Waals surface area contributed by atoms with Gasteiger partial charge in [0, 0.05) is 38.9 Å². The third-order valence-corrected chi connectivity index (χ3v) is 4.39. The van der Waals surface area contributed by atoms with Gasteiger partial charge in [-0.1, -0.05) is 12.1 Å². The number of aryl methyl sites for hydroxylation is 1. The van der Waals surface area contributed by atoms with Gasteiger partial charge in [0.1, 0.15) is 5.82 Å². The summed E-state index contributed by atoms with van der Waals surface area (Å²) in [6, 6.07) is 3.82. The smallest absolute Gasteiger partial charge is 0.223 e. The first kappa shape index (κ1) is 16.6. The molecule has 0 radical (unpaired) electrons. The molecule has 2 heterocycles. The summed E-state index contributed by atoms with van der Waals surface area (Å²) in [6.45, 7) is 0.465. The van der Waals surface area contributed by atoms with Gasteiger partial charge in [0.25, 0.3) is 0 Å². The monoisotopic (exact) mass is 335 g/mol. The zero-order valence-electron chi connectivity index (χ0n) is 13.3. The Balaban J connectivity index is 1.69. The van der Waals surface area contributed by atoms with Gasteiger partial charge in [-0.15, -0.1) is 0 Å². The molecular formula is C17H19F2N3O2. The van der Waals surface area contributed by atoms with Crippen LogP contribution in [0.15, 0.2) is 30.6 Å². The number of aromatic amines is 1. The molecule has 2 aromatic rings. The number of hydrogen-bond donors (Lipinski definition) is 1. The van der Waals surface area contributed by atoms with Gasteiger partial charge < -0.3 is 14.6 Å². The highest BCUT2D eigenvalue weighted by atomic mass is 19.2. The summed E-state index contributed by atoms with van der Waals surface area (Å²) in [5.74, 6) is -1.20. The number of H-pyrrole nitrogens is 1. The lowest BCUT2D eigenvalue weighted by Crippen LogP contribution is -2.32. The first-order valence-electron chi connectivity index (χ1n) is 7.84. The van der Waals surface area contributed by atoms with Crippen LogP contribution in [0, 0.1) is 11.6 Å². The summed E-state index contributed by atoms with van der Waals surface area (Å²) < 4.78 is 32.3. The fourth-order valence-electron chi connectivity index (χ4n) is 3.09. The number of benzene rings is 1. The van der Waals surface area contributed by atoms with E-state index < -0.39 is 11.6 Å². The molecule has 1 fully saturated rings. The Kier molecular flexibility index (Phi) is 4.89. The quantitative estimate of drug-likeness (QED) is 0.914. The number of amides is 1. The normalized spacial score (nSPS) is 20.5. The Labute approximate surface area is 138 Å². The van der Waals surface area contributed by atoms with E-state index in [2.05, 4.69) is 9.97 Å². The second-order valence-corrected chi connectivity index (χ2v) is 5.84. The summed E-state index contributed by atoms with van der Waals surface area (Å²) in [5, 5.41) is 0. The summed E-state index contributed by atoms with van der Waals surface area (Å²) in [4.78, 5) is 21.6. The van der Waals surface area contributed by atoms with E-state index in [9.17, 15) is 13.6 Å². The molecule has 1 N–H and O–H groups in total. The Morgan fingerprint density at radius 3 is 3.00 bits per heavy atom. The molecule has 0 unspecified atom stereocenters. The van der Waals surface area contributed by atoms with Crippen molar-refractivity contribution in [3.8, 4) is 0 Å². The molecule has 1 aliphatic rings. The number of methoxy groups -OCH3 is 1. The molecule has 7 heteroatoms. The van der Waals surface area contributed by atoms with Crippen molar-refractivity contribution < 1.29 is 18.3 Å². The van der Waals surface area contributed by atoms with Crippen LogP contribution in [-0.4, -0.2) is 40.5 Å². The van der Waals surface area contributed by atoms with Crippen LogP contribution in [0.25, 0.3) is 0 Å². The van der Waals surface area contributed by atoms with E-state index in [-0.39, 0.29) is 36.5 Å². The van der Waals surface area contributed by atoms with E-state index in [0.29, 0.717) is 18.8 Å². The first-order valence-corrected chi connectivity index (χ1v) is 7.84. The Bertz CT molecular complexity index is 706. The number of hydrogen-bond acceptors (Lipinski definition) is 3. The lowest BCUT2D eigenvalue weighted by atomic mass is 10.1. The number of ether oxygens (including phenoxy) is 1. The van der Waals surface area contributed by atoms with Crippen molar-refractivity contribution in [1.29, 1.82) is 0 Å². The Morgan fingerprint density at radius 1 is 1.46 bits per heavy atom. The molecule has 1 aromatic heterocycles. The van der Waals surface area contributed by atoms with Crippen molar-refractivity contribution in [2.75, 3.05) is 13.7 Å². The highest BCUT2D eigenvalue weighted by Gasteiger charge is 2.37. The number of nitrogens with zero attached hydrogens (tertiary/aromatic N) is 2. The van der Waals surface area contributed by atoms with Crippen LogP contribution in [0.5, 0.6) is 0 Å². The number of halogens is 2. The molecule has 0 saturated carbocycles. The molecule has 2 atom stereocenters. The summed E-state index contributed by atoms with van der Waals surface area (Å²) in [5.41, 5.74) is 0.209. The summed E-state index contributed by atoms with van der Waals surface area (Å²) in [6.07, 6.45) is 4.20. The van der Waals surface area contributed by atoms with Gasteiger partial charge in [0.15, 0.2) is 11.6 Å². The number of likely N-dealkylation sites (tertiary alicyclic amines) is 1. The Morgan fingerprint density at radius 2 is 2.29 bits per heavy atom. The zero-order chi connectivity index (χ0) is 17.1. The van der Waals surface area contributed by atoms with Crippen LogP contribution in [0.3, 0.4) is 0 Å². The van der Waals surface area contributed by atoms with Gasteiger partial charge in [0.2, 0.25) is 5.91 Å². The fraction of sp³-hybridized carbons (Fsp3) is 0.412. The van der Waals surface area contributed by atoms with Crippen LogP contribution in [0.4, 0.5) is 8.78 Å². The van der Waals surface area contributed by atoms with Crippen molar-refractivity contribution in [2.45, 2.75) is 31.4 Å². The summed E-state index contributed by atoms with van der Waals surface area (Å²) >= 11 is 0. The molecule has 1 aliphatic heterocycles. The van der Waals surface area contributed by atoms with Crippen molar-refractivity contribution >= 4 is 5.91 Å². The predicted octanol–water partition coefficient (Wildman–Crippen LogP) is 2.61. The number of carbonyl (C=O) groups is 1. The van der Waals surface area contributed by atoms with E-state index in [1.54, 1.807) is 24.4 Å². The fourth-order valence-corrected chi connectivity index (χ4v) is 3.09. The molecule has 3 rings (SSSR count). The maximum absolute atomic E-state index is 13.7. The van der Waals surface area contributed by atoms with E-state index in [0.717, 1.165) is 6.07 Å². The van der Waals surface area contributed by atoms with Crippen LogP contribution in [0.2, 0.25) is 0 Å². The van der Waals surface area contributed by atoms with E-state index in [1.165, 1.54) is 12.1 Å². The van der Waals surface area contributed by atoms with Crippen molar-refractivity contribution in [3.05, 3.63) is 53.6 Å². The molecular weight excluding hydrogens is 316 g/mol. The molecule has 0 aliphatic carbocycles. The van der Waals surface area contributed by atoms with Gasteiger partial charge in [0.05, 0.1) is 12.1 Å². The van der Waals surface area contributed by atoms with Crippen LogP contribution in [0.1, 0.15) is 30.3 Å². The van der Waals surface area contributed by atoms with Gasteiger partial charge in [-0.2, -0.15) is 0 Å². The lowest BCUT2D eigenvalue weighted by molar-refractivity contribution is -0.132. The predicted molar refractivity (Wildman–Crippen MR) is 83.1 cm³/mol. The highest BCUT2D eigenvalue weighted by Crippen LogP contribution is 2.32. The zero-order valence-corrected chi connectivity index (χ0v) is 13.3. The summed E-state index contributed by atoms with van der Waals surface area (Å²) in [7, 11) is 1.61. The van der Waals surface area contributed by atoms with Crippen LogP contribution in [-0.2, 0) is 16.0 Å². The Hall–Kier alpha value is -2.28. The number of imidazole rings is 1. The molecule has 24 heavy (non-hydrogen) atoms. The third-order valence-electron chi connectivity index (χ3n) is 4.39. The minimum absolute atomic E-state index is 0.0602. The molecule has 0 bridgehead atoms. The average Bonchev–Trinajstić information content (AvgIpc) is 3.24. The minimum atomic E-state index is -0.894. The van der Waals surface area contributed by atoms with Gasteiger partial charge >= 0.3 is 0 Å². The first-order chi connectivity index (χ1) is 11.6. The van der Waals surface area contributed by atoms with Crippen molar-refractivity contribution in [3.63, 3.8) is 0 Å². The van der Waals surface area contributed by atoms with E-state index >= 15 is 0 Å². The molecule has 0 spiro atoms. The number of nitrogens with one attached hydrogen (secondary N) is 1. The van der Waals surface area contributed by atoms with E-state index in [4.69, 9.17) is 4.74 Å². The number of rotatable bonds is 5. The second-order valence-electron chi connectivity index (χ2n) is 5.84. The van der Waals surface area contributed by atoms with Crippen LogP contribution < -0.4 is 0 Å². The van der Waals surface area contributed by atoms with Gasteiger partial charge in [-0.3, -0.25) is 4.79 Å². The van der Waals surface area contributed by atoms with Gasteiger partial charge in [-0.25, -0.2) is 13.8 Å². The largest absolute Gasteiger partial charge is 0.380 e. The molecule has 1 saturated heterocycles. The molecule has 1 amide bonds. The maximum Gasteiger partial charge on any atom is 0.223 e. The van der Waals surface area contributed by atoms with E-state index in [1.807, 2.05) is 0 Å². The standard InChI is InChI=1S/C17H19F2N3O2/c1-24-12-9-14(17-20-7-8-21-17)22(10-12)15(23)6-5-11-3-2-4-13(18)16(11)19/h2-4,7-8,12,14H,5-6,9-10H2,1H3,(H,20,21)/t12-,14+/m1/s1. The van der Waals surface area contributed by atoms with Crippen molar-refractivity contribution in [1.82, 2.24) is 14.9 Å². The average molecular weight is 335 g/mol. The number of aromatic nitrogens is 2. The SMILES string of the molecule is CO[C@@H]1C[C@@H](c2ncc[nH]2)N(C(=O)CCc2cccc(F)c2F)C1. The highest BCUT2D eigenvalue weighted by molar-refractivity contribution is 5.77. The van der Waals surface area contributed by atoms with Gasteiger partial charge in [-0.05, 0) is 18.1 Å². The minimum Gasteiger partial charge on any atom is -0.380 e. The maximum atomic E-state index is 13.7. The number of carbonyl (C=O) groups excluding carboxylic acids is 1. The topological polar surface area (TPSA) is 58.2 Å².